The molecule has 0 saturated carbocycles. The van der Waals surface area contributed by atoms with E-state index in [4.69, 9.17) is 10.5 Å². The van der Waals surface area contributed by atoms with Gasteiger partial charge in [0, 0.05) is 25.2 Å². The van der Waals surface area contributed by atoms with Crippen LogP contribution in [-0.4, -0.2) is 60.6 Å². The molecule has 154 valence electrons. The highest BCUT2D eigenvalue weighted by Crippen LogP contribution is 2.32. The van der Waals surface area contributed by atoms with Gasteiger partial charge in [-0.15, -0.1) is 4.91 Å². The lowest BCUT2D eigenvalue weighted by Crippen LogP contribution is -2.38. The summed E-state index contributed by atoms with van der Waals surface area (Å²) in [4.78, 5) is 37.0. The van der Waals surface area contributed by atoms with Crippen molar-refractivity contribution in [3.8, 4) is 11.3 Å². The van der Waals surface area contributed by atoms with E-state index in [1.165, 1.54) is 12.1 Å². The van der Waals surface area contributed by atoms with Crippen LogP contribution in [0.15, 0.2) is 29.4 Å². The molecule has 0 unspecified atom stereocenters. The lowest BCUT2D eigenvalue weighted by Gasteiger charge is -2.26. The average Bonchev–Trinajstić information content (AvgIpc) is 3.16. The van der Waals surface area contributed by atoms with Crippen molar-refractivity contribution in [2.45, 2.75) is 6.42 Å². The highest BCUT2D eigenvalue weighted by Gasteiger charge is 2.21. The standard InChI is InChI=1S/C18H22N6O4S/c19-16(25)14-15(12-2-4-13(22-27)5-3-12)23-29-17(14)21-18(26)20-6-1-7-24-8-10-28-11-9-24/h2-5H,1,6-11H2,(H2,19,25)(H2,20,21,26). The molecule has 0 aliphatic carbocycles. The fourth-order valence-corrected chi connectivity index (χ4v) is 3.76. The van der Waals surface area contributed by atoms with E-state index >= 15 is 0 Å². The van der Waals surface area contributed by atoms with Crippen LogP contribution >= 0.6 is 11.5 Å². The summed E-state index contributed by atoms with van der Waals surface area (Å²) in [7, 11) is 0. The quantitative estimate of drug-likeness (QED) is 0.443. The second kappa shape index (κ2) is 10.0. The first-order valence-electron chi connectivity index (χ1n) is 9.16. The van der Waals surface area contributed by atoms with Gasteiger partial charge in [-0.3, -0.25) is 15.0 Å². The van der Waals surface area contributed by atoms with Gasteiger partial charge in [0.2, 0.25) is 0 Å². The topological polar surface area (TPSA) is 139 Å². The number of carbonyl (C=O) groups is 2. The average molecular weight is 418 g/mol. The fourth-order valence-electron chi connectivity index (χ4n) is 2.96. The van der Waals surface area contributed by atoms with Gasteiger partial charge in [-0.2, -0.15) is 4.37 Å². The number of hydrogen-bond acceptors (Lipinski definition) is 8. The van der Waals surface area contributed by atoms with E-state index in [0.29, 0.717) is 17.8 Å². The van der Waals surface area contributed by atoms with Crippen molar-refractivity contribution in [3.05, 3.63) is 34.7 Å². The molecule has 0 bridgehead atoms. The summed E-state index contributed by atoms with van der Waals surface area (Å²) in [6.07, 6.45) is 0.807. The molecule has 3 rings (SSSR count). The van der Waals surface area contributed by atoms with Gasteiger partial charge in [0.15, 0.2) is 0 Å². The molecule has 0 atom stereocenters. The Morgan fingerprint density at radius 2 is 1.97 bits per heavy atom. The van der Waals surface area contributed by atoms with Crippen molar-refractivity contribution in [1.82, 2.24) is 14.6 Å². The Labute approximate surface area is 171 Å². The van der Waals surface area contributed by atoms with Gasteiger partial charge in [-0.05, 0) is 41.8 Å². The zero-order valence-electron chi connectivity index (χ0n) is 15.7. The number of benzene rings is 1. The number of carbonyl (C=O) groups excluding carboxylic acids is 2. The molecular weight excluding hydrogens is 396 g/mol. The molecule has 1 fully saturated rings. The summed E-state index contributed by atoms with van der Waals surface area (Å²) in [6, 6.07) is 5.84. The smallest absolute Gasteiger partial charge is 0.319 e. The summed E-state index contributed by atoms with van der Waals surface area (Å²) in [5.41, 5.74) is 6.85. The third-order valence-corrected chi connectivity index (χ3v) is 5.21. The van der Waals surface area contributed by atoms with Crippen LogP contribution < -0.4 is 16.4 Å². The number of amides is 3. The molecule has 0 spiro atoms. The molecule has 29 heavy (non-hydrogen) atoms. The van der Waals surface area contributed by atoms with Crippen LogP contribution in [-0.2, 0) is 4.74 Å². The molecule has 2 aromatic rings. The third-order valence-electron chi connectivity index (χ3n) is 4.45. The maximum Gasteiger partial charge on any atom is 0.319 e. The van der Waals surface area contributed by atoms with Crippen molar-refractivity contribution >= 4 is 34.2 Å². The molecule has 4 N–H and O–H groups in total. The summed E-state index contributed by atoms with van der Waals surface area (Å²) >= 11 is 0.969. The molecule has 11 heteroatoms. The lowest BCUT2D eigenvalue weighted by atomic mass is 10.1. The Kier molecular flexibility index (Phi) is 7.22. The Morgan fingerprint density at radius 3 is 2.62 bits per heavy atom. The van der Waals surface area contributed by atoms with Crippen molar-refractivity contribution in [2.75, 3.05) is 44.7 Å². The van der Waals surface area contributed by atoms with Gasteiger partial charge < -0.3 is 15.8 Å². The Hall–Kier alpha value is -2.89. The van der Waals surface area contributed by atoms with E-state index in [-0.39, 0.29) is 16.3 Å². The SMILES string of the molecule is NC(=O)c1c(-c2ccc(N=O)cc2)nsc1NC(=O)NCCCN1CCOCC1. The normalized spacial score (nSPS) is 14.3. The number of anilines is 1. The van der Waals surface area contributed by atoms with Crippen LogP contribution in [0, 0.1) is 4.91 Å². The van der Waals surface area contributed by atoms with Gasteiger partial charge in [-0.25, -0.2) is 4.79 Å². The molecular formula is C18H22N6O4S. The highest BCUT2D eigenvalue weighted by molar-refractivity contribution is 7.11. The van der Waals surface area contributed by atoms with E-state index in [9.17, 15) is 14.5 Å². The predicted octanol–water partition coefficient (Wildman–Crippen LogP) is 2.15. The summed E-state index contributed by atoms with van der Waals surface area (Å²) in [5, 5.41) is 8.53. The van der Waals surface area contributed by atoms with Crippen molar-refractivity contribution in [2.24, 2.45) is 10.9 Å². The van der Waals surface area contributed by atoms with Gasteiger partial charge in [-0.1, -0.05) is 12.1 Å². The number of ether oxygens (including phenoxy) is 1. The zero-order valence-corrected chi connectivity index (χ0v) is 16.5. The van der Waals surface area contributed by atoms with E-state index in [1.54, 1.807) is 12.1 Å². The minimum absolute atomic E-state index is 0.130. The molecule has 10 nitrogen and oxygen atoms in total. The number of nitrogens with zero attached hydrogens (tertiary/aromatic N) is 3. The van der Waals surface area contributed by atoms with Crippen molar-refractivity contribution in [3.63, 3.8) is 0 Å². The lowest BCUT2D eigenvalue weighted by molar-refractivity contribution is 0.0375. The Morgan fingerprint density at radius 1 is 1.24 bits per heavy atom. The number of urea groups is 1. The van der Waals surface area contributed by atoms with E-state index < -0.39 is 11.9 Å². The first-order chi connectivity index (χ1) is 14.1. The number of nitrogens with one attached hydrogen (secondary N) is 2. The molecule has 1 aliphatic heterocycles. The van der Waals surface area contributed by atoms with Crippen LogP contribution in [0.5, 0.6) is 0 Å². The molecule has 1 aromatic carbocycles. The fraction of sp³-hybridized carbons (Fsp3) is 0.389. The van der Waals surface area contributed by atoms with E-state index in [1.807, 2.05) is 0 Å². The number of morpholine rings is 1. The van der Waals surface area contributed by atoms with Gasteiger partial charge in [0.05, 0.1) is 18.9 Å². The number of aromatic nitrogens is 1. The predicted molar refractivity (Wildman–Crippen MR) is 110 cm³/mol. The second-order valence-electron chi connectivity index (χ2n) is 6.43. The number of nitroso groups, excluding NO2 is 1. The minimum atomic E-state index is -0.700. The van der Waals surface area contributed by atoms with Crippen LogP contribution in [0.1, 0.15) is 16.8 Å². The van der Waals surface area contributed by atoms with Gasteiger partial charge in [0.25, 0.3) is 5.91 Å². The zero-order chi connectivity index (χ0) is 20.6. The van der Waals surface area contributed by atoms with Crippen LogP contribution in [0.4, 0.5) is 15.5 Å². The Bertz CT molecular complexity index is 864. The molecule has 0 radical (unpaired) electrons. The van der Waals surface area contributed by atoms with Crippen molar-refractivity contribution < 1.29 is 14.3 Å². The second-order valence-corrected chi connectivity index (χ2v) is 7.20. The first kappa shape index (κ1) is 20.8. The molecule has 2 heterocycles. The first-order valence-corrected chi connectivity index (χ1v) is 9.94. The molecule has 1 saturated heterocycles. The maximum atomic E-state index is 12.2. The molecule has 1 aromatic heterocycles. The number of hydrogen-bond donors (Lipinski definition) is 3. The van der Waals surface area contributed by atoms with Crippen molar-refractivity contribution in [1.29, 1.82) is 0 Å². The van der Waals surface area contributed by atoms with Crippen LogP contribution in [0.25, 0.3) is 11.3 Å². The van der Waals surface area contributed by atoms with Gasteiger partial charge in [0.1, 0.15) is 16.3 Å². The molecule has 1 aliphatic rings. The molecule has 3 amide bonds. The minimum Gasteiger partial charge on any atom is -0.379 e. The van der Waals surface area contributed by atoms with Crippen LogP contribution in [0.2, 0.25) is 0 Å². The monoisotopic (exact) mass is 418 g/mol. The summed E-state index contributed by atoms with van der Waals surface area (Å²) in [5.74, 6) is -0.700. The van der Waals surface area contributed by atoms with E-state index in [0.717, 1.165) is 50.8 Å². The number of primary amides is 1. The highest BCUT2D eigenvalue weighted by atomic mass is 32.1. The summed E-state index contributed by atoms with van der Waals surface area (Å²) < 4.78 is 9.55. The number of nitrogens with two attached hydrogens (primary N) is 1. The van der Waals surface area contributed by atoms with E-state index in [2.05, 4.69) is 25.1 Å². The van der Waals surface area contributed by atoms with Crippen LogP contribution in [0.3, 0.4) is 0 Å². The third kappa shape index (κ3) is 5.56. The number of rotatable bonds is 8. The van der Waals surface area contributed by atoms with Gasteiger partial charge >= 0.3 is 6.03 Å². The summed E-state index contributed by atoms with van der Waals surface area (Å²) in [6.45, 7) is 4.68. The maximum absolute atomic E-state index is 12.2. The Balaban J connectivity index is 1.58. The largest absolute Gasteiger partial charge is 0.379 e.